The van der Waals surface area contributed by atoms with E-state index < -0.39 is 0 Å². The van der Waals surface area contributed by atoms with Crippen molar-refractivity contribution < 1.29 is 4.79 Å². The maximum absolute atomic E-state index is 11.7. The fourth-order valence-electron chi connectivity index (χ4n) is 3.40. The first-order valence-electron chi connectivity index (χ1n) is 9.92. The zero-order chi connectivity index (χ0) is 17.4. The van der Waals surface area contributed by atoms with Crippen LogP contribution < -0.4 is 16.0 Å². The molecule has 1 amide bonds. The number of nitrogens with zero attached hydrogens (tertiary/aromatic N) is 1. The fourth-order valence-corrected chi connectivity index (χ4v) is 3.40. The van der Waals surface area contributed by atoms with Gasteiger partial charge in [-0.1, -0.05) is 13.8 Å². The van der Waals surface area contributed by atoms with E-state index in [1.807, 2.05) is 0 Å². The van der Waals surface area contributed by atoms with Gasteiger partial charge >= 0.3 is 0 Å². The number of nitrogens with one attached hydrogen (secondary N) is 3. The summed E-state index contributed by atoms with van der Waals surface area (Å²) in [5.74, 6) is 2.77. The van der Waals surface area contributed by atoms with Crippen LogP contribution in [0.25, 0.3) is 0 Å². The molecule has 0 spiro atoms. The van der Waals surface area contributed by atoms with Crippen molar-refractivity contribution in [2.24, 2.45) is 16.8 Å². The van der Waals surface area contributed by atoms with Gasteiger partial charge in [0.25, 0.3) is 0 Å². The van der Waals surface area contributed by atoms with E-state index in [9.17, 15) is 4.79 Å². The molecular formula is C19H36N4O. The van der Waals surface area contributed by atoms with Crippen molar-refractivity contribution >= 4 is 11.9 Å². The van der Waals surface area contributed by atoms with Crippen molar-refractivity contribution in [2.75, 3.05) is 13.1 Å². The van der Waals surface area contributed by atoms with E-state index in [2.05, 4.69) is 41.7 Å². The Labute approximate surface area is 147 Å². The molecule has 0 aromatic heterocycles. The molecule has 0 aromatic carbocycles. The summed E-state index contributed by atoms with van der Waals surface area (Å²) in [4.78, 5) is 16.3. The van der Waals surface area contributed by atoms with Gasteiger partial charge in [0.1, 0.15) is 0 Å². The third-order valence-electron chi connectivity index (χ3n) is 5.17. The third-order valence-corrected chi connectivity index (χ3v) is 5.17. The first-order valence-corrected chi connectivity index (χ1v) is 9.92. The molecule has 0 bridgehead atoms. The van der Waals surface area contributed by atoms with Gasteiger partial charge in [0.05, 0.1) is 0 Å². The summed E-state index contributed by atoms with van der Waals surface area (Å²) >= 11 is 0. The predicted molar refractivity (Wildman–Crippen MR) is 100 cm³/mol. The lowest BCUT2D eigenvalue weighted by Crippen LogP contribution is -2.45. The summed E-state index contributed by atoms with van der Waals surface area (Å²) in [6.45, 7) is 8.34. The van der Waals surface area contributed by atoms with Crippen molar-refractivity contribution in [2.45, 2.75) is 84.2 Å². The number of amides is 1. The van der Waals surface area contributed by atoms with Crippen LogP contribution in [0.2, 0.25) is 0 Å². The predicted octanol–water partition coefficient (Wildman–Crippen LogP) is 2.82. The Balaban J connectivity index is 1.67. The van der Waals surface area contributed by atoms with E-state index in [0.717, 1.165) is 43.6 Å². The highest BCUT2D eigenvalue weighted by Crippen LogP contribution is 2.29. The number of hydrogen-bond acceptors (Lipinski definition) is 2. The Bertz CT molecular complexity index is 410. The number of rotatable bonds is 8. The summed E-state index contributed by atoms with van der Waals surface area (Å²) in [6.07, 6.45) is 8.79. The van der Waals surface area contributed by atoms with Gasteiger partial charge in [-0.2, -0.15) is 0 Å². The molecular weight excluding hydrogens is 300 g/mol. The lowest BCUT2D eigenvalue weighted by atomic mass is 9.80. The first-order chi connectivity index (χ1) is 11.6. The van der Waals surface area contributed by atoms with Crippen molar-refractivity contribution in [1.82, 2.24) is 16.0 Å². The summed E-state index contributed by atoms with van der Waals surface area (Å²) in [7, 11) is 0. The molecule has 3 N–H and O–H groups in total. The van der Waals surface area contributed by atoms with Crippen LogP contribution in [-0.4, -0.2) is 37.0 Å². The summed E-state index contributed by atoms with van der Waals surface area (Å²) in [5.41, 5.74) is 0. The van der Waals surface area contributed by atoms with Gasteiger partial charge in [-0.05, 0) is 63.7 Å². The summed E-state index contributed by atoms with van der Waals surface area (Å²) < 4.78 is 0. The van der Waals surface area contributed by atoms with Crippen molar-refractivity contribution in [3.63, 3.8) is 0 Å². The molecule has 0 atom stereocenters. The van der Waals surface area contributed by atoms with Crippen LogP contribution >= 0.6 is 0 Å². The normalized spacial score (nSPS) is 24.8. The van der Waals surface area contributed by atoms with E-state index in [4.69, 9.17) is 0 Å². The topological polar surface area (TPSA) is 65.5 Å². The molecule has 0 aromatic rings. The number of carbonyl (C=O) groups excluding carboxylic acids is 1. The molecule has 138 valence electrons. The van der Waals surface area contributed by atoms with Crippen LogP contribution in [0.15, 0.2) is 4.99 Å². The Kier molecular flexibility index (Phi) is 7.86. The number of guanidine groups is 1. The van der Waals surface area contributed by atoms with Crippen LogP contribution in [0.3, 0.4) is 0 Å². The van der Waals surface area contributed by atoms with E-state index in [1.54, 1.807) is 0 Å². The van der Waals surface area contributed by atoms with Gasteiger partial charge in [-0.3, -0.25) is 9.79 Å². The Morgan fingerprint density at radius 1 is 1.04 bits per heavy atom. The maximum Gasteiger partial charge on any atom is 0.220 e. The first kappa shape index (κ1) is 19.1. The number of aliphatic imine (C=N–C) groups is 1. The molecule has 5 heteroatoms. The lowest BCUT2D eigenvalue weighted by Gasteiger charge is -2.32. The Hall–Kier alpha value is -1.26. The molecule has 0 heterocycles. The van der Waals surface area contributed by atoms with Gasteiger partial charge in [0.15, 0.2) is 5.96 Å². The largest absolute Gasteiger partial charge is 0.357 e. The molecule has 0 radical (unpaired) electrons. The van der Waals surface area contributed by atoms with Crippen molar-refractivity contribution in [3.05, 3.63) is 0 Å². The van der Waals surface area contributed by atoms with Crippen molar-refractivity contribution in [1.29, 1.82) is 0 Å². The average molecular weight is 337 g/mol. The van der Waals surface area contributed by atoms with Gasteiger partial charge in [0.2, 0.25) is 5.91 Å². The van der Waals surface area contributed by atoms with Crippen LogP contribution in [0.4, 0.5) is 0 Å². The molecule has 24 heavy (non-hydrogen) atoms. The van der Waals surface area contributed by atoms with Crippen LogP contribution in [0.1, 0.15) is 72.1 Å². The molecule has 2 aliphatic rings. The molecule has 0 saturated heterocycles. The van der Waals surface area contributed by atoms with Crippen LogP contribution in [0.5, 0.6) is 0 Å². The van der Waals surface area contributed by atoms with Crippen LogP contribution in [-0.2, 0) is 4.79 Å². The highest BCUT2D eigenvalue weighted by atomic mass is 16.1. The van der Waals surface area contributed by atoms with Gasteiger partial charge in [0, 0.05) is 31.6 Å². The Morgan fingerprint density at radius 3 is 2.25 bits per heavy atom. The minimum atomic E-state index is 0.178. The van der Waals surface area contributed by atoms with E-state index in [0.29, 0.717) is 25.0 Å². The number of hydrogen-bond donors (Lipinski definition) is 3. The van der Waals surface area contributed by atoms with E-state index in [1.165, 1.54) is 25.7 Å². The van der Waals surface area contributed by atoms with Crippen LogP contribution in [0, 0.1) is 11.8 Å². The maximum atomic E-state index is 11.7. The zero-order valence-electron chi connectivity index (χ0n) is 15.7. The molecule has 0 unspecified atom stereocenters. The molecule has 2 saturated carbocycles. The average Bonchev–Trinajstić information content (AvgIpc) is 3.36. The monoisotopic (exact) mass is 336 g/mol. The standard InChI is InChI=1S/C19H36N4O/c1-4-20-19(21-13-5-6-18(24)22-16-11-12-16)23-17-9-7-15(8-10-17)14(2)3/h14-17H,4-13H2,1-3H3,(H,22,24)(H2,20,21,23). The minimum absolute atomic E-state index is 0.178. The smallest absolute Gasteiger partial charge is 0.220 e. The molecule has 5 nitrogen and oxygen atoms in total. The lowest BCUT2D eigenvalue weighted by molar-refractivity contribution is -0.121. The second-order valence-electron chi connectivity index (χ2n) is 7.71. The molecule has 2 rings (SSSR count). The SMILES string of the molecule is CCNC(=NCCCC(=O)NC1CC1)NC1CCC(C(C)C)CC1. The zero-order valence-corrected chi connectivity index (χ0v) is 15.7. The third kappa shape index (κ3) is 7.10. The highest BCUT2D eigenvalue weighted by molar-refractivity contribution is 5.80. The number of carbonyl (C=O) groups is 1. The van der Waals surface area contributed by atoms with Gasteiger partial charge in [-0.15, -0.1) is 0 Å². The molecule has 0 aliphatic heterocycles. The minimum Gasteiger partial charge on any atom is -0.357 e. The second kappa shape index (κ2) is 9.90. The van der Waals surface area contributed by atoms with Gasteiger partial charge in [-0.25, -0.2) is 0 Å². The van der Waals surface area contributed by atoms with E-state index >= 15 is 0 Å². The summed E-state index contributed by atoms with van der Waals surface area (Å²) in [6, 6.07) is 0.997. The summed E-state index contributed by atoms with van der Waals surface area (Å²) in [5, 5.41) is 9.94. The fraction of sp³-hybridized carbons (Fsp3) is 0.895. The highest BCUT2D eigenvalue weighted by Gasteiger charge is 2.24. The molecule has 2 aliphatic carbocycles. The molecule has 2 fully saturated rings. The quantitative estimate of drug-likeness (QED) is 0.363. The second-order valence-corrected chi connectivity index (χ2v) is 7.71. The van der Waals surface area contributed by atoms with E-state index in [-0.39, 0.29) is 5.91 Å². The van der Waals surface area contributed by atoms with Gasteiger partial charge < -0.3 is 16.0 Å². The van der Waals surface area contributed by atoms with Crippen molar-refractivity contribution in [3.8, 4) is 0 Å². The Morgan fingerprint density at radius 2 is 1.67 bits per heavy atom.